The number of benzene rings is 2. The average Bonchev–Trinajstić information content (AvgIpc) is 2.62. The minimum atomic E-state index is -0.339. The molecule has 0 aliphatic rings. The summed E-state index contributed by atoms with van der Waals surface area (Å²) in [5.74, 6) is 0.435. The number of anilines is 4. The highest BCUT2D eigenvalue weighted by molar-refractivity contribution is 5.91. The molecule has 6 nitrogen and oxygen atoms in total. The van der Waals surface area contributed by atoms with E-state index in [1.54, 1.807) is 18.3 Å². The van der Waals surface area contributed by atoms with Gasteiger partial charge in [-0.2, -0.15) is 10.1 Å². The monoisotopic (exact) mass is 332 g/mol. The standard InChI is InChI=1S/C18H13FN6/c19-13-6-2-7-14(10-13)22-18-24-16(11-21-25-18)23-15-8-1-4-12-5-3-9-20-17(12)15/h1-11H,(H2,22,23,24,25). The van der Waals surface area contributed by atoms with Crippen molar-refractivity contribution in [1.82, 2.24) is 20.2 Å². The van der Waals surface area contributed by atoms with Gasteiger partial charge in [-0.15, -0.1) is 5.10 Å². The summed E-state index contributed by atoms with van der Waals surface area (Å²) in [6.07, 6.45) is 3.25. The Labute approximate surface area is 142 Å². The number of hydrogen-bond donors (Lipinski definition) is 2. The third-order valence-electron chi connectivity index (χ3n) is 3.54. The molecule has 0 unspecified atom stereocenters. The molecule has 2 aromatic carbocycles. The van der Waals surface area contributed by atoms with E-state index in [2.05, 4.69) is 30.8 Å². The molecule has 0 aliphatic carbocycles. The highest BCUT2D eigenvalue weighted by atomic mass is 19.1. The molecule has 2 aromatic heterocycles. The van der Waals surface area contributed by atoms with Crippen LogP contribution in [0.3, 0.4) is 0 Å². The summed E-state index contributed by atoms with van der Waals surface area (Å²) in [4.78, 5) is 8.75. The Bertz CT molecular complexity index is 1030. The minimum absolute atomic E-state index is 0.267. The van der Waals surface area contributed by atoms with Gasteiger partial charge in [-0.25, -0.2) is 4.39 Å². The average molecular weight is 332 g/mol. The van der Waals surface area contributed by atoms with Gasteiger partial charge in [-0.3, -0.25) is 4.98 Å². The fourth-order valence-corrected chi connectivity index (χ4v) is 2.46. The maximum absolute atomic E-state index is 13.3. The Hall–Kier alpha value is -3.61. The molecule has 0 radical (unpaired) electrons. The van der Waals surface area contributed by atoms with Crippen LogP contribution >= 0.6 is 0 Å². The zero-order valence-electron chi connectivity index (χ0n) is 13.0. The van der Waals surface area contributed by atoms with Crippen molar-refractivity contribution in [2.45, 2.75) is 0 Å². The Morgan fingerprint density at radius 2 is 1.80 bits per heavy atom. The van der Waals surface area contributed by atoms with Crippen LogP contribution in [0.4, 0.5) is 27.5 Å². The fourth-order valence-electron chi connectivity index (χ4n) is 2.46. The summed E-state index contributed by atoms with van der Waals surface area (Å²) in [5.41, 5.74) is 2.20. The van der Waals surface area contributed by atoms with Gasteiger partial charge in [0, 0.05) is 17.3 Å². The van der Waals surface area contributed by atoms with Gasteiger partial charge in [0.15, 0.2) is 5.82 Å². The predicted molar refractivity (Wildman–Crippen MR) is 94.5 cm³/mol. The number of pyridine rings is 1. The molecule has 0 spiro atoms. The molecule has 2 heterocycles. The van der Waals surface area contributed by atoms with Crippen LogP contribution in [0.2, 0.25) is 0 Å². The van der Waals surface area contributed by atoms with E-state index in [9.17, 15) is 4.39 Å². The minimum Gasteiger partial charge on any atom is -0.337 e. The summed E-state index contributed by atoms with van der Waals surface area (Å²) in [5, 5.41) is 15.0. The summed E-state index contributed by atoms with van der Waals surface area (Å²) in [6, 6.07) is 15.8. The van der Waals surface area contributed by atoms with Crippen LogP contribution in [-0.4, -0.2) is 20.2 Å². The lowest BCUT2D eigenvalue weighted by Gasteiger charge is -2.09. The highest BCUT2D eigenvalue weighted by Gasteiger charge is 2.06. The molecule has 122 valence electrons. The third-order valence-corrected chi connectivity index (χ3v) is 3.54. The van der Waals surface area contributed by atoms with E-state index < -0.39 is 0 Å². The van der Waals surface area contributed by atoms with Gasteiger partial charge < -0.3 is 10.6 Å². The number of hydrogen-bond acceptors (Lipinski definition) is 6. The lowest BCUT2D eigenvalue weighted by atomic mass is 10.2. The zero-order chi connectivity index (χ0) is 17.1. The highest BCUT2D eigenvalue weighted by Crippen LogP contribution is 2.24. The Kier molecular flexibility index (Phi) is 3.88. The molecular weight excluding hydrogens is 319 g/mol. The van der Waals surface area contributed by atoms with Crippen LogP contribution in [0.1, 0.15) is 0 Å². The van der Waals surface area contributed by atoms with Crippen LogP contribution in [0.25, 0.3) is 10.9 Å². The molecule has 0 amide bonds. The number of rotatable bonds is 4. The van der Waals surface area contributed by atoms with Gasteiger partial charge in [0.1, 0.15) is 5.82 Å². The van der Waals surface area contributed by atoms with E-state index in [4.69, 9.17) is 0 Å². The Balaban J connectivity index is 1.61. The van der Waals surface area contributed by atoms with Crippen molar-refractivity contribution >= 4 is 34.0 Å². The fraction of sp³-hybridized carbons (Fsp3) is 0. The van der Waals surface area contributed by atoms with E-state index in [0.29, 0.717) is 11.5 Å². The molecule has 2 N–H and O–H groups in total. The maximum atomic E-state index is 13.3. The summed E-state index contributed by atoms with van der Waals surface area (Å²) in [6.45, 7) is 0. The first-order chi connectivity index (χ1) is 12.3. The molecule has 0 bridgehead atoms. The molecule has 0 saturated carbocycles. The molecule has 0 fully saturated rings. The first-order valence-corrected chi connectivity index (χ1v) is 7.61. The zero-order valence-corrected chi connectivity index (χ0v) is 13.0. The third kappa shape index (κ3) is 3.35. The normalized spacial score (nSPS) is 10.6. The number of nitrogens with zero attached hydrogens (tertiary/aromatic N) is 4. The summed E-state index contributed by atoms with van der Waals surface area (Å²) >= 11 is 0. The summed E-state index contributed by atoms with van der Waals surface area (Å²) in [7, 11) is 0. The van der Waals surface area contributed by atoms with E-state index in [-0.39, 0.29) is 11.8 Å². The van der Waals surface area contributed by atoms with Gasteiger partial charge in [0.2, 0.25) is 5.95 Å². The van der Waals surface area contributed by atoms with E-state index in [0.717, 1.165) is 16.6 Å². The number of halogens is 1. The second kappa shape index (κ2) is 6.48. The van der Waals surface area contributed by atoms with Crippen molar-refractivity contribution in [3.05, 3.63) is 72.8 Å². The molecule has 4 aromatic rings. The lowest BCUT2D eigenvalue weighted by molar-refractivity contribution is 0.628. The smallest absolute Gasteiger partial charge is 0.249 e. The number of aromatic nitrogens is 4. The van der Waals surface area contributed by atoms with E-state index in [1.165, 1.54) is 18.3 Å². The Morgan fingerprint density at radius 1 is 0.920 bits per heavy atom. The SMILES string of the molecule is Fc1cccc(Nc2nncc(Nc3cccc4cccnc34)n2)c1. The van der Waals surface area contributed by atoms with Crippen LogP contribution < -0.4 is 10.6 Å². The van der Waals surface area contributed by atoms with Gasteiger partial charge in [-0.1, -0.05) is 24.3 Å². The van der Waals surface area contributed by atoms with Crippen LogP contribution in [-0.2, 0) is 0 Å². The lowest BCUT2D eigenvalue weighted by Crippen LogP contribution is -2.03. The van der Waals surface area contributed by atoms with Crippen LogP contribution in [0, 0.1) is 5.82 Å². The molecule has 0 aliphatic heterocycles. The van der Waals surface area contributed by atoms with Crippen molar-refractivity contribution in [3.8, 4) is 0 Å². The molecule has 0 saturated heterocycles. The Morgan fingerprint density at radius 3 is 2.72 bits per heavy atom. The largest absolute Gasteiger partial charge is 0.337 e. The van der Waals surface area contributed by atoms with E-state index >= 15 is 0 Å². The van der Waals surface area contributed by atoms with Crippen molar-refractivity contribution in [2.24, 2.45) is 0 Å². The molecule has 7 heteroatoms. The van der Waals surface area contributed by atoms with Crippen molar-refractivity contribution < 1.29 is 4.39 Å². The number of nitrogens with one attached hydrogen (secondary N) is 2. The number of para-hydroxylation sites is 1. The van der Waals surface area contributed by atoms with Crippen LogP contribution in [0.15, 0.2) is 67.0 Å². The van der Waals surface area contributed by atoms with Gasteiger partial charge in [-0.05, 0) is 30.3 Å². The first-order valence-electron chi connectivity index (χ1n) is 7.61. The van der Waals surface area contributed by atoms with Gasteiger partial charge in [0.05, 0.1) is 17.4 Å². The molecular formula is C18H13FN6. The topological polar surface area (TPSA) is 75.6 Å². The van der Waals surface area contributed by atoms with Gasteiger partial charge in [0.25, 0.3) is 0 Å². The first kappa shape index (κ1) is 14.9. The van der Waals surface area contributed by atoms with Crippen molar-refractivity contribution in [1.29, 1.82) is 0 Å². The van der Waals surface area contributed by atoms with Crippen molar-refractivity contribution in [2.75, 3.05) is 10.6 Å². The van der Waals surface area contributed by atoms with E-state index in [1.807, 2.05) is 30.3 Å². The summed E-state index contributed by atoms with van der Waals surface area (Å²) < 4.78 is 13.3. The predicted octanol–water partition coefficient (Wildman–Crippen LogP) is 4.05. The second-order valence-electron chi connectivity index (χ2n) is 5.31. The molecule has 0 atom stereocenters. The molecule has 25 heavy (non-hydrogen) atoms. The van der Waals surface area contributed by atoms with Crippen LogP contribution in [0.5, 0.6) is 0 Å². The second-order valence-corrected chi connectivity index (χ2v) is 5.31. The quantitative estimate of drug-likeness (QED) is 0.587. The van der Waals surface area contributed by atoms with Gasteiger partial charge >= 0.3 is 0 Å². The van der Waals surface area contributed by atoms with Crippen molar-refractivity contribution in [3.63, 3.8) is 0 Å². The molecule has 4 rings (SSSR count). The maximum Gasteiger partial charge on any atom is 0.249 e. The number of fused-ring (bicyclic) bond motifs is 1.